The van der Waals surface area contributed by atoms with Gasteiger partial charge < -0.3 is 19.3 Å². The van der Waals surface area contributed by atoms with E-state index < -0.39 is 0 Å². The number of phenols is 1. The van der Waals surface area contributed by atoms with E-state index in [4.69, 9.17) is 14.2 Å². The molecule has 0 bridgehead atoms. The van der Waals surface area contributed by atoms with Gasteiger partial charge in [0, 0.05) is 11.6 Å². The Balaban J connectivity index is 2.59. The largest absolute Gasteiger partial charge is 0.504 e. The number of methoxy groups -OCH3 is 2. The normalized spacial score (nSPS) is 16.9. The summed E-state index contributed by atoms with van der Waals surface area (Å²) < 4.78 is 16.4. The molecule has 4 nitrogen and oxygen atoms in total. The molecule has 1 N–H and O–H groups in total. The quantitative estimate of drug-likeness (QED) is 0.860. The number of hydrogen-bond donors (Lipinski definition) is 1. The van der Waals surface area contributed by atoms with Crippen molar-refractivity contribution in [2.45, 2.75) is 32.3 Å². The molecule has 17 heavy (non-hydrogen) atoms. The SMILES string of the molecule is COc1cc(O)c(OC)c2c1CCC(C)(C)O2. The molecule has 1 aromatic rings. The van der Waals surface area contributed by atoms with Crippen molar-refractivity contribution in [3.8, 4) is 23.0 Å². The number of hydrogen-bond acceptors (Lipinski definition) is 4. The monoisotopic (exact) mass is 238 g/mol. The van der Waals surface area contributed by atoms with E-state index in [1.54, 1.807) is 13.2 Å². The van der Waals surface area contributed by atoms with E-state index in [2.05, 4.69) is 0 Å². The Bertz CT molecular complexity index is 438. The molecule has 0 atom stereocenters. The summed E-state index contributed by atoms with van der Waals surface area (Å²) in [6.45, 7) is 4.04. The molecular weight excluding hydrogens is 220 g/mol. The van der Waals surface area contributed by atoms with Gasteiger partial charge in [-0.3, -0.25) is 0 Å². The number of phenolic OH excluding ortho intramolecular Hbond substituents is 1. The summed E-state index contributed by atoms with van der Waals surface area (Å²) in [7, 11) is 3.11. The third-order valence-electron chi connectivity index (χ3n) is 3.06. The molecule has 0 spiro atoms. The van der Waals surface area contributed by atoms with Crippen molar-refractivity contribution in [3.05, 3.63) is 11.6 Å². The lowest BCUT2D eigenvalue weighted by atomic mass is 9.93. The van der Waals surface area contributed by atoms with Gasteiger partial charge in [0.15, 0.2) is 11.5 Å². The fraction of sp³-hybridized carbons (Fsp3) is 0.538. The van der Waals surface area contributed by atoms with Crippen LogP contribution in [0.4, 0.5) is 0 Å². The third kappa shape index (κ3) is 1.99. The standard InChI is InChI=1S/C13H18O4/c1-13(2)6-5-8-10(15-3)7-9(14)12(16-4)11(8)17-13/h7,14H,5-6H2,1-4H3. The predicted molar refractivity (Wildman–Crippen MR) is 64.2 cm³/mol. The third-order valence-corrected chi connectivity index (χ3v) is 3.06. The van der Waals surface area contributed by atoms with Crippen molar-refractivity contribution >= 4 is 0 Å². The molecule has 4 heteroatoms. The highest BCUT2D eigenvalue weighted by atomic mass is 16.5. The summed E-state index contributed by atoms with van der Waals surface area (Å²) >= 11 is 0. The van der Waals surface area contributed by atoms with Crippen LogP contribution < -0.4 is 14.2 Å². The van der Waals surface area contributed by atoms with Crippen LogP contribution in [0.3, 0.4) is 0 Å². The Morgan fingerprint density at radius 3 is 2.59 bits per heavy atom. The van der Waals surface area contributed by atoms with E-state index >= 15 is 0 Å². The van der Waals surface area contributed by atoms with E-state index in [0.717, 1.165) is 18.4 Å². The van der Waals surface area contributed by atoms with Gasteiger partial charge in [-0.05, 0) is 26.7 Å². The van der Waals surface area contributed by atoms with Gasteiger partial charge in [0.05, 0.1) is 14.2 Å². The Hall–Kier alpha value is -1.58. The van der Waals surface area contributed by atoms with E-state index in [-0.39, 0.29) is 11.4 Å². The molecule has 0 fully saturated rings. The van der Waals surface area contributed by atoms with Crippen molar-refractivity contribution in [1.29, 1.82) is 0 Å². The zero-order valence-corrected chi connectivity index (χ0v) is 10.7. The minimum Gasteiger partial charge on any atom is -0.504 e. The molecule has 1 aromatic carbocycles. The second kappa shape index (κ2) is 4.02. The van der Waals surface area contributed by atoms with Crippen LogP contribution in [0.15, 0.2) is 6.07 Å². The van der Waals surface area contributed by atoms with Gasteiger partial charge >= 0.3 is 0 Å². The van der Waals surface area contributed by atoms with Gasteiger partial charge in [0.2, 0.25) is 5.75 Å². The predicted octanol–water partition coefficient (Wildman–Crippen LogP) is 2.51. The van der Waals surface area contributed by atoms with Crippen LogP contribution in [0.2, 0.25) is 0 Å². The number of rotatable bonds is 2. The van der Waals surface area contributed by atoms with E-state index in [0.29, 0.717) is 17.2 Å². The number of benzene rings is 1. The summed E-state index contributed by atoms with van der Waals surface area (Å²) in [5.74, 6) is 1.67. The zero-order chi connectivity index (χ0) is 12.6. The van der Waals surface area contributed by atoms with Gasteiger partial charge in [0.1, 0.15) is 11.4 Å². The molecule has 0 aromatic heterocycles. The maximum Gasteiger partial charge on any atom is 0.203 e. The van der Waals surface area contributed by atoms with Gasteiger partial charge in [-0.2, -0.15) is 0 Å². The molecule has 1 aliphatic rings. The molecule has 0 amide bonds. The average Bonchev–Trinajstić information content (AvgIpc) is 2.26. The van der Waals surface area contributed by atoms with E-state index in [1.807, 2.05) is 13.8 Å². The lowest BCUT2D eigenvalue weighted by Gasteiger charge is -2.34. The fourth-order valence-electron chi connectivity index (χ4n) is 2.12. The summed E-state index contributed by atoms with van der Waals surface area (Å²) in [6, 6.07) is 1.57. The first-order chi connectivity index (χ1) is 7.98. The zero-order valence-electron chi connectivity index (χ0n) is 10.7. The van der Waals surface area contributed by atoms with E-state index in [1.165, 1.54) is 7.11 Å². The number of aromatic hydroxyl groups is 1. The summed E-state index contributed by atoms with van der Waals surface area (Å²) in [5.41, 5.74) is 0.709. The molecule has 0 saturated carbocycles. The molecule has 94 valence electrons. The van der Waals surface area contributed by atoms with Crippen molar-refractivity contribution in [2.24, 2.45) is 0 Å². The van der Waals surface area contributed by atoms with Crippen LogP contribution in [0.25, 0.3) is 0 Å². The van der Waals surface area contributed by atoms with Crippen LogP contribution in [-0.2, 0) is 6.42 Å². The summed E-state index contributed by atoms with van der Waals surface area (Å²) in [5, 5.41) is 9.86. The van der Waals surface area contributed by atoms with Crippen molar-refractivity contribution < 1.29 is 19.3 Å². The Morgan fingerprint density at radius 1 is 1.29 bits per heavy atom. The van der Waals surface area contributed by atoms with Gasteiger partial charge in [0.25, 0.3) is 0 Å². The van der Waals surface area contributed by atoms with Crippen molar-refractivity contribution in [2.75, 3.05) is 14.2 Å². The summed E-state index contributed by atoms with van der Waals surface area (Å²) in [4.78, 5) is 0. The number of ether oxygens (including phenoxy) is 3. The van der Waals surface area contributed by atoms with Gasteiger partial charge in [-0.1, -0.05) is 0 Å². The first-order valence-electron chi connectivity index (χ1n) is 5.64. The highest BCUT2D eigenvalue weighted by Crippen LogP contribution is 2.49. The lowest BCUT2D eigenvalue weighted by Crippen LogP contribution is -2.33. The van der Waals surface area contributed by atoms with Gasteiger partial charge in [-0.25, -0.2) is 0 Å². The average molecular weight is 238 g/mol. The van der Waals surface area contributed by atoms with Gasteiger partial charge in [-0.15, -0.1) is 0 Å². The highest BCUT2D eigenvalue weighted by Gasteiger charge is 2.32. The highest BCUT2D eigenvalue weighted by molar-refractivity contribution is 5.62. The second-order valence-corrected chi connectivity index (χ2v) is 4.80. The topological polar surface area (TPSA) is 47.9 Å². The second-order valence-electron chi connectivity index (χ2n) is 4.80. The maximum absolute atomic E-state index is 9.86. The molecule has 0 aliphatic carbocycles. The lowest BCUT2D eigenvalue weighted by molar-refractivity contribution is 0.0787. The van der Waals surface area contributed by atoms with E-state index in [9.17, 15) is 5.11 Å². The first-order valence-corrected chi connectivity index (χ1v) is 5.64. The molecule has 0 radical (unpaired) electrons. The smallest absolute Gasteiger partial charge is 0.203 e. The van der Waals surface area contributed by atoms with Crippen LogP contribution in [-0.4, -0.2) is 24.9 Å². The Morgan fingerprint density at radius 2 is 2.00 bits per heavy atom. The molecule has 2 rings (SSSR count). The van der Waals surface area contributed by atoms with Crippen molar-refractivity contribution in [1.82, 2.24) is 0 Å². The molecule has 1 heterocycles. The van der Waals surface area contributed by atoms with Crippen LogP contribution in [0.5, 0.6) is 23.0 Å². The first kappa shape index (κ1) is 11.9. The Labute approximate surface area is 101 Å². The minimum absolute atomic E-state index is 0.0424. The molecule has 0 saturated heterocycles. The molecular formula is C13H18O4. The maximum atomic E-state index is 9.86. The van der Waals surface area contributed by atoms with Crippen LogP contribution in [0.1, 0.15) is 25.8 Å². The minimum atomic E-state index is -0.251. The Kier molecular flexibility index (Phi) is 2.81. The van der Waals surface area contributed by atoms with Crippen molar-refractivity contribution in [3.63, 3.8) is 0 Å². The number of fused-ring (bicyclic) bond motifs is 1. The summed E-state index contributed by atoms with van der Waals surface area (Å²) in [6.07, 6.45) is 1.76. The van der Waals surface area contributed by atoms with Crippen LogP contribution in [0, 0.1) is 0 Å². The molecule has 0 unspecified atom stereocenters. The van der Waals surface area contributed by atoms with Crippen LogP contribution >= 0.6 is 0 Å². The fourth-order valence-corrected chi connectivity index (χ4v) is 2.12. The molecule has 1 aliphatic heterocycles.